The number of furan rings is 2. The second kappa shape index (κ2) is 16.0. The predicted molar refractivity (Wildman–Crippen MR) is 283 cm³/mol. The molecular formula is C63H37N5O2. The first-order valence-corrected chi connectivity index (χ1v) is 23.3. The summed E-state index contributed by atoms with van der Waals surface area (Å²) >= 11 is 0. The van der Waals surface area contributed by atoms with E-state index in [0.29, 0.717) is 23.3 Å². The summed E-state index contributed by atoms with van der Waals surface area (Å²) in [4.78, 5) is 25.6. The van der Waals surface area contributed by atoms with Crippen LogP contribution in [0.5, 0.6) is 0 Å². The molecule has 0 saturated heterocycles. The standard InChI is InChI=1S/C63H37N5O2/c1-3-15-40(16-4-1)60-64-54(37-55(65-60)45-27-29-50-52-31-25-38-13-7-9-23-48(38)58(52)69-56(50)35-45)44-21-11-19-42(33-44)43-20-12-22-46(34-43)62-66-61(41-17-5-2-6-18-41)67-63(68-62)47-28-30-51-53-32-26-39-14-8-10-24-49(39)59(53)70-57(51)36-47/h1-37H. The van der Waals surface area contributed by atoms with Gasteiger partial charge in [-0.3, -0.25) is 0 Å². The monoisotopic (exact) mass is 895 g/mol. The van der Waals surface area contributed by atoms with E-state index >= 15 is 0 Å². The van der Waals surface area contributed by atoms with Crippen LogP contribution in [0.4, 0.5) is 0 Å². The van der Waals surface area contributed by atoms with Crippen LogP contribution in [0.2, 0.25) is 0 Å². The van der Waals surface area contributed by atoms with Crippen molar-refractivity contribution in [1.29, 1.82) is 0 Å². The summed E-state index contributed by atoms with van der Waals surface area (Å²) in [5, 5.41) is 8.76. The second-order valence-electron chi connectivity index (χ2n) is 17.6. The Labute approximate surface area is 401 Å². The molecule has 70 heavy (non-hydrogen) atoms. The van der Waals surface area contributed by atoms with Gasteiger partial charge in [-0.05, 0) is 76.5 Å². The molecule has 0 N–H and O–H groups in total. The van der Waals surface area contributed by atoms with Crippen molar-refractivity contribution in [2.45, 2.75) is 0 Å². The summed E-state index contributed by atoms with van der Waals surface area (Å²) < 4.78 is 13.2. The molecule has 14 rings (SSSR count). The van der Waals surface area contributed by atoms with Gasteiger partial charge in [-0.2, -0.15) is 0 Å². The van der Waals surface area contributed by atoms with Crippen LogP contribution in [0.1, 0.15) is 0 Å². The molecule has 0 bridgehead atoms. The van der Waals surface area contributed by atoms with Gasteiger partial charge in [0.25, 0.3) is 0 Å². The Morgan fingerprint density at radius 1 is 0.229 bits per heavy atom. The number of hydrogen-bond donors (Lipinski definition) is 0. The Hall–Kier alpha value is -9.59. The van der Waals surface area contributed by atoms with Gasteiger partial charge >= 0.3 is 0 Å². The molecule has 10 aromatic carbocycles. The molecule has 4 aromatic heterocycles. The Morgan fingerprint density at radius 3 is 1.19 bits per heavy atom. The maximum atomic E-state index is 6.60. The largest absolute Gasteiger partial charge is 0.455 e. The van der Waals surface area contributed by atoms with Gasteiger partial charge < -0.3 is 8.83 Å². The molecule has 0 aliphatic carbocycles. The van der Waals surface area contributed by atoms with Crippen molar-refractivity contribution in [3.63, 3.8) is 0 Å². The fourth-order valence-corrected chi connectivity index (χ4v) is 9.81. The van der Waals surface area contributed by atoms with Crippen LogP contribution in [-0.2, 0) is 0 Å². The number of rotatable bonds is 7. The minimum Gasteiger partial charge on any atom is -0.455 e. The third-order valence-electron chi connectivity index (χ3n) is 13.3. The van der Waals surface area contributed by atoms with Gasteiger partial charge in [0.1, 0.15) is 22.3 Å². The van der Waals surface area contributed by atoms with Gasteiger partial charge in [-0.15, -0.1) is 0 Å². The zero-order valence-electron chi connectivity index (χ0n) is 37.4. The van der Waals surface area contributed by atoms with Crippen LogP contribution in [0.25, 0.3) is 145 Å². The van der Waals surface area contributed by atoms with E-state index in [9.17, 15) is 0 Å². The van der Waals surface area contributed by atoms with Crippen molar-refractivity contribution in [3.8, 4) is 79.2 Å². The van der Waals surface area contributed by atoms with Gasteiger partial charge in [0, 0.05) is 65.7 Å². The first-order valence-electron chi connectivity index (χ1n) is 23.3. The van der Waals surface area contributed by atoms with Crippen molar-refractivity contribution in [2.75, 3.05) is 0 Å². The zero-order chi connectivity index (χ0) is 46.1. The zero-order valence-corrected chi connectivity index (χ0v) is 37.4. The Kier molecular flexibility index (Phi) is 9.07. The van der Waals surface area contributed by atoms with Crippen molar-refractivity contribution in [2.24, 2.45) is 0 Å². The fraction of sp³-hybridized carbons (Fsp3) is 0. The first-order chi connectivity index (χ1) is 34.6. The lowest BCUT2D eigenvalue weighted by molar-refractivity contribution is 0.672. The Bertz CT molecular complexity index is 4090. The molecule has 0 amide bonds. The molecule has 0 saturated carbocycles. The molecule has 0 unspecified atom stereocenters. The van der Waals surface area contributed by atoms with Gasteiger partial charge in [-0.25, -0.2) is 24.9 Å². The molecule has 14 aromatic rings. The predicted octanol–water partition coefficient (Wildman–Crippen LogP) is 16.4. The third-order valence-corrected chi connectivity index (χ3v) is 13.3. The van der Waals surface area contributed by atoms with Crippen LogP contribution < -0.4 is 0 Å². The molecule has 0 atom stereocenters. The van der Waals surface area contributed by atoms with E-state index in [1.54, 1.807) is 0 Å². The molecule has 0 radical (unpaired) electrons. The summed E-state index contributed by atoms with van der Waals surface area (Å²) in [6, 6.07) is 77.0. The summed E-state index contributed by atoms with van der Waals surface area (Å²) in [7, 11) is 0. The van der Waals surface area contributed by atoms with E-state index in [-0.39, 0.29) is 0 Å². The number of benzene rings is 10. The molecule has 0 fully saturated rings. The molecule has 7 nitrogen and oxygen atoms in total. The minimum absolute atomic E-state index is 0.560. The highest BCUT2D eigenvalue weighted by Crippen LogP contribution is 2.39. The first kappa shape index (κ1) is 39.6. The summed E-state index contributed by atoms with van der Waals surface area (Å²) in [5.74, 6) is 2.36. The molecule has 0 aliphatic rings. The summed E-state index contributed by atoms with van der Waals surface area (Å²) in [6.07, 6.45) is 0. The molecule has 0 aliphatic heterocycles. The average molecular weight is 896 g/mol. The Balaban J connectivity index is 0.853. The highest BCUT2D eigenvalue weighted by atomic mass is 16.3. The van der Waals surface area contributed by atoms with Crippen molar-refractivity contribution in [1.82, 2.24) is 24.9 Å². The summed E-state index contributed by atoms with van der Waals surface area (Å²) in [5.41, 5.74) is 12.4. The lowest BCUT2D eigenvalue weighted by Gasteiger charge is -2.12. The molecular weight excluding hydrogens is 859 g/mol. The normalized spacial score (nSPS) is 11.7. The second-order valence-corrected chi connectivity index (χ2v) is 17.6. The van der Waals surface area contributed by atoms with Gasteiger partial charge in [0.05, 0.1) is 11.4 Å². The van der Waals surface area contributed by atoms with Gasteiger partial charge in [0.15, 0.2) is 23.3 Å². The van der Waals surface area contributed by atoms with Crippen LogP contribution in [0, 0.1) is 0 Å². The van der Waals surface area contributed by atoms with Gasteiger partial charge in [-0.1, -0.05) is 170 Å². The fourth-order valence-electron chi connectivity index (χ4n) is 9.81. The lowest BCUT2D eigenvalue weighted by atomic mass is 9.98. The highest BCUT2D eigenvalue weighted by Gasteiger charge is 2.18. The molecule has 0 spiro atoms. The quantitative estimate of drug-likeness (QED) is 0.157. The van der Waals surface area contributed by atoms with Crippen LogP contribution >= 0.6 is 0 Å². The van der Waals surface area contributed by atoms with Crippen molar-refractivity contribution < 1.29 is 8.83 Å². The van der Waals surface area contributed by atoms with Crippen LogP contribution in [-0.4, -0.2) is 24.9 Å². The maximum absolute atomic E-state index is 6.60. The van der Waals surface area contributed by atoms with E-state index in [0.717, 1.165) is 121 Å². The van der Waals surface area contributed by atoms with E-state index in [2.05, 4.69) is 146 Å². The van der Waals surface area contributed by atoms with E-state index in [1.165, 1.54) is 0 Å². The van der Waals surface area contributed by atoms with Crippen molar-refractivity contribution >= 4 is 65.4 Å². The number of aromatic nitrogens is 5. The lowest BCUT2D eigenvalue weighted by Crippen LogP contribution is -2.00. The highest BCUT2D eigenvalue weighted by molar-refractivity contribution is 6.16. The smallest absolute Gasteiger partial charge is 0.164 e. The van der Waals surface area contributed by atoms with E-state index in [4.69, 9.17) is 33.8 Å². The number of hydrogen-bond acceptors (Lipinski definition) is 7. The average Bonchev–Trinajstić information content (AvgIpc) is 4.02. The van der Waals surface area contributed by atoms with E-state index < -0.39 is 0 Å². The number of nitrogens with zero attached hydrogens (tertiary/aromatic N) is 5. The van der Waals surface area contributed by atoms with Crippen molar-refractivity contribution in [3.05, 3.63) is 224 Å². The molecule has 4 heterocycles. The summed E-state index contributed by atoms with van der Waals surface area (Å²) in [6.45, 7) is 0. The maximum Gasteiger partial charge on any atom is 0.164 e. The SMILES string of the molecule is c1ccc(-c2nc(-c3cccc(-c4cccc(-c5nc(-c6ccccc6)nc(-c6ccc7c(c6)oc6c8ccccc8ccc76)n5)c4)c3)cc(-c3ccc4c(c3)oc3c5ccccc5ccc43)n2)cc1. The Morgan fingerprint density at radius 2 is 0.614 bits per heavy atom. The minimum atomic E-state index is 0.560. The van der Waals surface area contributed by atoms with E-state index in [1.807, 2.05) is 78.9 Å². The topological polar surface area (TPSA) is 90.7 Å². The van der Waals surface area contributed by atoms with Crippen LogP contribution in [0.15, 0.2) is 233 Å². The third kappa shape index (κ3) is 6.79. The van der Waals surface area contributed by atoms with Gasteiger partial charge in [0.2, 0.25) is 0 Å². The molecule has 7 heteroatoms. The number of fused-ring (bicyclic) bond motifs is 10. The molecule has 326 valence electrons. The van der Waals surface area contributed by atoms with Crippen LogP contribution in [0.3, 0.4) is 0 Å².